The molecule has 210 valence electrons. The number of hydrogen-bond donors (Lipinski definition) is 5. The third kappa shape index (κ3) is 4.23. The van der Waals surface area contributed by atoms with E-state index < -0.39 is 81.0 Å². The number of carbonyl (C=O) groups excluding carboxylic acids is 4. The summed E-state index contributed by atoms with van der Waals surface area (Å²) < 4.78 is 15.1. The van der Waals surface area contributed by atoms with Gasteiger partial charge in [-0.2, -0.15) is 0 Å². The van der Waals surface area contributed by atoms with E-state index in [0.717, 1.165) is 6.07 Å². The van der Waals surface area contributed by atoms with Crippen molar-refractivity contribution in [2.75, 3.05) is 34.7 Å². The summed E-state index contributed by atoms with van der Waals surface area (Å²) in [6.45, 7) is 0.547. The molecule has 0 spiro atoms. The van der Waals surface area contributed by atoms with Crippen molar-refractivity contribution in [3.8, 4) is 5.75 Å². The zero-order valence-electron chi connectivity index (χ0n) is 22.1. The van der Waals surface area contributed by atoms with Crippen LogP contribution in [0.25, 0.3) is 5.76 Å². The number of aliphatic hydroxyl groups excluding tert-OH is 2. The number of aromatic hydroxyl groups is 1. The van der Waals surface area contributed by atoms with Crippen LogP contribution in [0.15, 0.2) is 23.0 Å². The molecule has 4 rings (SSSR count). The molecule has 0 aromatic heterocycles. The largest absolute Gasteiger partial charge is 0.508 e. The smallest absolute Gasteiger partial charge is 0.255 e. The Morgan fingerprint density at radius 2 is 1.79 bits per heavy atom. The van der Waals surface area contributed by atoms with Crippen LogP contribution in [0, 0.1) is 17.7 Å². The molecule has 12 heteroatoms. The number of primary amides is 1. The molecule has 0 bridgehead atoms. The maximum Gasteiger partial charge on any atom is 0.255 e. The molecule has 4 atom stereocenters. The zero-order valence-corrected chi connectivity index (χ0v) is 22.1. The number of ketones is 3. The van der Waals surface area contributed by atoms with Gasteiger partial charge in [-0.15, -0.1) is 0 Å². The lowest BCUT2D eigenvalue weighted by atomic mass is 9.57. The van der Waals surface area contributed by atoms with Crippen molar-refractivity contribution in [2.24, 2.45) is 17.6 Å². The molecular weight excluding hydrogens is 513 g/mol. The molecule has 6 N–H and O–H groups in total. The lowest BCUT2D eigenvalue weighted by Gasteiger charge is -2.50. The number of nitrogens with two attached hydrogens (primary N) is 1. The zero-order chi connectivity index (χ0) is 29.1. The van der Waals surface area contributed by atoms with Crippen LogP contribution >= 0.6 is 0 Å². The first kappa shape index (κ1) is 28.4. The highest BCUT2D eigenvalue weighted by atomic mass is 19.1. The first-order valence-electron chi connectivity index (χ1n) is 12.5. The molecule has 1 amide bonds. The van der Waals surface area contributed by atoms with E-state index in [4.69, 9.17) is 5.73 Å². The van der Waals surface area contributed by atoms with Gasteiger partial charge in [-0.25, -0.2) is 4.39 Å². The van der Waals surface area contributed by atoms with Crippen LogP contribution in [-0.2, 0) is 20.8 Å². The number of likely N-dealkylation sites (N-methyl/N-ethyl adjacent to an activating group) is 1. The maximum absolute atomic E-state index is 15.1. The highest BCUT2D eigenvalue weighted by Gasteiger charge is 2.64. The number of fused-ring (bicyclic) bond motifs is 3. The highest BCUT2D eigenvalue weighted by molar-refractivity contribution is 6.24. The van der Waals surface area contributed by atoms with Gasteiger partial charge in [0, 0.05) is 17.9 Å². The van der Waals surface area contributed by atoms with Gasteiger partial charge in [-0.1, -0.05) is 0 Å². The molecule has 0 unspecified atom stereocenters. The summed E-state index contributed by atoms with van der Waals surface area (Å²) in [5, 5.41) is 44.6. The average Bonchev–Trinajstić information content (AvgIpc) is 2.80. The number of nitrogens with zero attached hydrogens (tertiary/aromatic N) is 2. The highest BCUT2D eigenvalue weighted by Crippen LogP contribution is 2.53. The minimum atomic E-state index is -2.77. The number of hydrogen-bond acceptors (Lipinski definition) is 10. The first-order valence-corrected chi connectivity index (χ1v) is 12.5. The van der Waals surface area contributed by atoms with Crippen LogP contribution in [-0.4, -0.2) is 99.9 Å². The van der Waals surface area contributed by atoms with Crippen molar-refractivity contribution in [2.45, 2.75) is 37.3 Å². The summed E-state index contributed by atoms with van der Waals surface area (Å²) in [6, 6.07) is -0.181. The molecule has 1 aromatic rings. The molecule has 1 aromatic carbocycles. The summed E-state index contributed by atoms with van der Waals surface area (Å²) in [4.78, 5) is 55.0. The normalized spacial score (nSPS) is 26.6. The van der Waals surface area contributed by atoms with Crippen LogP contribution in [0.1, 0.15) is 40.7 Å². The van der Waals surface area contributed by atoms with Crippen LogP contribution in [0.4, 0.5) is 4.39 Å². The van der Waals surface area contributed by atoms with E-state index >= 15 is 4.39 Å². The van der Waals surface area contributed by atoms with Crippen molar-refractivity contribution in [1.82, 2.24) is 9.80 Å². The van der Waals surface area contributed by atoms with E-state index in [1.807, 2.05) is 19.0 Å². The Hall–Kier alpha value is -3.61. The fraction of sp³-hybridized carbons (Fsp3) is 0.481. The molecular formula is C27H32FN3O8. The molecule has 0 heterocycles. The standard InChI is InChI=1S/C27H32FN3O8/c1-30(2)7-5-6-15(32)18-14(28)10-12-8-11-9-13-20(31(3)4)23(35)19(26(29)38)25(37)27(13,39)24(36)17(11)21(33)16(12)22(18)34/h10-11,13,20,33-34,37,39H,5-9H2,1-4H3,(H2,29,38)/t11-,13-,20-,27-/m0/s1. The Morgan fingerprint density at radius 3 is 2.36 bits per heavy atom. The van der Waals surface area contributed by atoms with Gasteiger partial charge in [-0.05, 0) is 71.5 Å². The quantitative estimate of drug-likeness (QED) is 0.241. The number of phenolic OH excluding ortho intramolecular Hbond substituents is 1. The van der Waals surface area contributed by atoms with Crippen LogP contribution in [0.5, 0.6) is 5.75 Å². The number of carbonyl (C=O) groups is 4. The Labute approximate surface area is 224 Å². The summed E-state index contributed by atoms with van der Waals surface area (Å²) in [5.41, 5.74) is 0.463. The van der Waals surface area contributed by atoms with Gasteiger partial charge in [0.05, 0.1) is 17.2 Å². The predicted octanol–water partition coefficient (Wildman–Crippen LogP) is 0.628. The lowest BCUT2D eigenvalue weighted by molar-refractivity contribution is -0.153. The van der Waals surface area contributed by atoms with E-state index in [2.05, 4.69) is 0 Å². The molecule has 1 fully saturated rings. The third-order valence-electron chi connectivity index (χ3n) is 7.95. The molecule has 1 saturated carbocycles. The molecule has 0 saturated heterocycles. The van der Waals surface area contributed by atoms with Gasteiger partial charge in [0.15, 0.2) is 17.2 Å². The van der Waals surface area contributed by atoms with Gasteiger partial charge < -0.3 is 31.1 Å². The number of halogens is 1. The molecule has 39 heavy (non-hydrogen) atoms. The van der Waals surface area contributed by atoms with Crippen molar-refractivity contribution in [3.63, 3.8) is 0 Å². The van der Waals surface area contributed by atoms with Crippen LogP contribution in [0.3, 0.4) is 0 Å². The average molecular weight is 546 g/mol. The predicted molar refractivity (Wildman–Crippen MR) is 136 cm³/mol. The van der Waals surface area contributed by atoms with Crippen LogP contribution < -0.4 is 5.73 Å². The Kier molecular flexibility index (Phi) is 7.17. The van der Waals surface area contributed by atoms with Crippen molar-refractivity contribution >= 4 is 29.0 Å². The minimum absolute atomic E-state index is 0.0614. The second-order valence-electron chi connectivity index (χ2n) is 10.9. The summed E-state index contributed by atoms with van der Waals surface area (Å²) in [7, 11) is 6.62. The second-order valence-corrected chi connectivity index (χ2v) is 10.9. The SMILES string of the molecule is CN(C)CCCC(=O)c1c(F)cc2c(c1O)C(O)=C1C(=O)[C@]3(O)C(O)=C(C(N)=O)C(=O)[C@@H](N(C)C)[C@@H]3C[C@@H]1C2. The Bertz CT molecular complexity index is 1360. The van der Waals surface area contributed by atoms with Gasteiger partial charge in [-0.3, -0.25) is 24.1 Å². The van der Waals surface area contributed by atoms with Crippen molar-refractivity contribution < 1.29 is 44.0 Å². The number of rotatable bonds is 7. The van der Waals surface area contributed by atoms with Gasteiger partial charge >= 0.3 is 0 Å². The maximum atomic E-state index is 15.1. The first-order chi connectivity index (χ1) is 18.1. The van der Waals surface area contributed by atoms with E-state index in [9.17, 15) is 39.6 Å². The van der Waals surface area contributed by atoms with Gasteiger partial charge in [0.2, 0.25) is 5.78 Å². The lowest BCUT2D eigenvalue weighted by Crippen LogP contribution is -2.65. The number of benzene rings is 1. The second kappa shape index (κ2) is 9.85. The van der Waals surface area contributed by atoms with Gasteiger partial charge in [0.25, 0.3) is 5.91 Å². The molecule has 11 nitrogen and oxygen atoms in total. The number of Topliss-reactive ketones (excluding diaryl/α,β-unsaturated/α-hetero) is 3. The molecule has 0 aliphatic heterocycles. The summed E-state index contributed by atoms with van der Waals surface area (Å²) in [5.74, 6) is -9.87. The Morgan fingerprint density at radius 1 is 1.15 bits per heavy atom. The summed E-state index contributed by atoms with van der Waals surface area (Å²) in [6.07, 6.45) is 0.146. The topological polar surface area (TPSA) is 182 Å². The molecule has 3 aliphatic carbocycles. The summed E-state index contributed by atoms with van der Waals surface area (Å²) >= 11 is 0. The monoisotopic (exact) mass is 545 g/mol. The fourth-order valence-electron chi connectivity index (χ4n) is 6.21. The van der Waals surface area contributed by atoms with Crippen LogP contribution in [0.2, 0.25) is 0 Å². The van der Waals surface area contributed by atoms with Crippen molar-refractivity contribution in [1.29, 1.82) is 0 Å². The third-order valence-corrected chi connectivity index (χ3v) is 7.95. The van der Waals surface area contributed by atoms with Crippen molar-refractivity contribution in [3.05, 3.63) is 45.5 Å². The fourth-order valence-corrected chi connectivity index (χ4v) is 6.21. The van der Waals surface area contributed by atoms with E-state index in [1.165, 1.54) is 19.0 Å². The van der Waals surface area contributed by atoms with E-state index in [0.29, 0.717) is 13.0 Å². The molecule has 3 aliphatic rings. The Balaban J connectivity index is 1.86. The van der Waals surface area contributed by atoms with Gasteiger partial charge in [0.1, 0.15) is 28.7 Å². The number of phenols is 1. The minimum Gasteiger partial charge on any atom is -0.508 e. The number of amides is 1. The van der Waals surface area contributed by atoms with E-state index in [1.54, 1.807) is 0 Å². The number of aliphatic hydroxyl groups is 3. The van der Waals surface area contributed by atoms with E-state index in [-0.39, 0.29) is 36.0 Å². The molecule has 0 radical (unpaired) electrons.